The van der Waals surface area contributed by atoms with E-state index in [0.29, 0.717) is 0 Å². The van der Waals surface area contributed by atoms with Gasteiger partial charge >= 0.3 is 11.8 Å². The Balaban J connectivity index is 4.44. The first-order valence-electron chi connectivity index (χ1n) is 5.06. The number of carbonyl (C=O) groups is 2. The van der Waals surface area contributed by atoms with Crippen molar-refractivity contribution in [2.45, 2.75) is 32.7 Å². The maximum atomic E-state index is 11.7. The third kappa shape index (κ3) is 4.14. The highest BCUT2D eigenvalue weighted by molar-refractivity contribution is 7.80. The standard InChI is InChI=1S/C10H19N3O2S/c1-5-10(2,3)13(4)9(15)8(14)12-6-7(11)16/h5-6H2,1-4H3,(H2,11,16)(H,12,14). The van der Waals surface area contributed by atoms with Gasteiger partial charge in [-0.05, 0) is 20.3 Å². The van der Waals surface area contributed by atoms with E-state index in [0.717, 1.165) is 6.42 Å². The SMILES string of the molecule is CCC(C)(C)N(C)C(=O)C(=O)NCC(N)=S. The van der Waals surface area contributed by atoms with Gasteiger partial charge in [-0.15, -0.1) is 0 Å². The lowest BCUT2D eigenvalue weighted by Gasteiger charge is -2.34. The fourth-order valence-corrected chi connectivity index (χ4v) is 0.980. The van der Waals surface area contributed by atoms with Crippen LogP contribution < -0.4 is 11.1 Å². The first kappa shape index (κ1) is 14.8. The molecule has 0 saturated carbocycles. The lowest BCUT2D eigenvalue weighted by molar-refractivity contribution is -0.148. The van der Waals surface area contributed by atoms with E-state index in [9.17, 15) is 9.59 Å². The van der Waals surface area contributed by atoms with E-state index >= 15 is 0 Å². The maximum Gasteiger partial charge on any atom is 0.312 e. The molecule has 0 aliphatic carbocycles. The molecule has 3 N–H and O–H groups in total. The largest absolute Gasteiger partial charge is 0.392 e. The molecule has 0 fully saturated rings. The van der Waals surface area contributed by atoms with Gasteiger partial charge in [0, 0.05) is 12.6 Å². The average molecular weight is 245 g/mol. The first-order chi connectivity index (χ1) is 7.22. The number of hydrogen-bond donors (Lipinski definition) is 2. The molecule has 0 aromatic heterocycles. The molecule has 0 atom stereocenters. The highest BCUT2D eigenvalue weighted by Gasteiger charge is 2.29. The third-order valence-corrected chi connectivity index (χ3v) is 2.84. The Kier molecular flexibility index (Phi) is 5.37. The number of hydrogen-bond acceptors (Lipinski definition) is 3. The summed E-state index contributed by atoms with van der Waals surface area (Å²) in [4.78, 5) is 24.7. The zero-order chi connectivity index (χ0) is 12.9. The minimum atomic E-state index is -0.683. The highest BCUT2D eigenvalue weighted by Crippen LogP contribution is 2.16. The summed E-state index contributed by atoms with van der Waals surface area (Å²) < 4.78 is 0. The van der Waals surface area contributed by atoms with Crippen LogP contribution in [0.1, 0.15) is 27.2 Å². The van der Waals surface area contributed by atoms with Gasteiger partial charge in [-0.3, -0.25) is 9.59 Å². The van der Waals surface area contributed by atoms with E-state index in [1.807, 2.05) is 20.8 Å². The Bertz CT molecular complexity index is 302. The van der Waals surface area contributed by atoms with Gasteiger partial charge < -0.3 is 16.0 Å². The Morgan fingerprint density at radius 1 is 1.44 bits per heavy atom. The van der Waals surface area contributed by atoms with Crippen LogP contribution in [0.5, 0.6) is 0 Å². The van der Waals surface area contributed by atoms with E-state index in [1.165, 1.54) is 4.90 Å². The molecule has 0 aromatic carbocycles. The van der Waals surface area contributed by atoms with E-state index in [4.69, 9.17) is 5.73 Å². The highest BCUT2D eigenvalue weighted by atomic mass is 32.1. The van der Waals surface area contributed by atoms with Crippen LogP contribution in [0.4, 0.5) is 0 Å². The fourth-order valence-electron chi connectivity index (χ4n) is 0.907. The average Bonchev–Trinajstić information content (AvgIpc) is 2.23. The monoisotopic (exact) mass is 245 g/mol. The van der Waals surface area contributed by atoms with Gasteiger partial charge in [-0.2, -0.15) is 0 Å². The van der Waals surface area contributed by atoms with Crippen molar-refractivity contribution in [1.29, 1.82) is 0 Å². The summed E-state index contributed by atoms with van der Waals surface area (Å²) in [6.07, 6.45) is 0.762. The van der Waals surface area contributed by atoms with Gasteiger partial charge in [0.2, 0.25) is 0 Å². The van der Waals surface area contributed by atoms with Gasteiger partial charge in [0.25, 0.3) is 0 Å². The molecule has 0 unspecified atom stereocenters. The molecule has 16 heavy (non-hydrogen) atoms. The van der Waals surface area contributed by atoms with Gasteiger partial charge in [0.1, 0.15) is 0 Å². The van der Waals surface area contributed by atoms with E-state index in [-0.39, 0.29) is 17.1 Å². The Morgan fingerprint density at radius 2 is 1.94 bits per heavy atom. The number of carbonyl (C=O) groups excluding carboxylic acids is 2. The van der Waals surface area contributed by atoms with Crippen LogP contribution in [-0.2, 0) is 9.59 Å². The van der Waals surface area contributed by atoms with Crippen LogP contribution in [0.2, 0.25) is 0 Å². The summed E-state index contributed by atoms with van der Waals surface area (Å²) in [5.41, 5.74) is 4.87. The zero-order valence-corrected chi connectivity index (χ0v) is 11.0. The number of nitrogens with zero attached hydrogens (tertiary/aromatic N) is 1. The van der Waals surface area contributed by atoms with Crippen LogP contribution in [0, 0.1) is 0 Å². The molecular weight excluding hydrogens is 226 g/mol. The summed E-state index contributed by atoms with van der Waals surface area (Å²) in [5, 5.41) is 2.36. The van der Waals surface area contributed by atoms with Crippen molar-refractivity contribution in [2.24, 2.45) is 5.73 Å². The van der Waals surface area contributed by atoms with Crippen molar-refractivity contribution >= 4 is 29.0 Å². The van der Waals surface area contributed by atoms with Gasteiger partial charge in [-0.1, -0.05) is 19.1 Å². The Hall–Kier alpha value is -1.17. The molecule has 5 nitrogen and oxygen atoms in total. The van der Waals surface area contributed by atoms with Crippen molar-refractivity contribution in [1.82, 2.24) is 10.2 Å². The number of thiocarbonyl (C=S) groups is 1. The van der Waals surface area contributed by atoms with Crippen molar-refractivity contribution in [2.75, 3.05) is 13.6 Å². The van der Waals surface area contributed by atoms with Crippen LogP contribution in [0.3, 0.4) is 0 Å². The molecule has 0 heterocycles. The van der Waals surface area contributed by atoms with Gasteiger partial charge in [-0.25, -0.2) is 0 Å². The van der Waals surface area contributed by atoms with Crippen LogP contribution in [-0.4, -0.2) is 40.8 Å². The maximum absolute atomic E-state index is 11.7. The first-order valence-corrected chi connectivity index (χ1v) is 5.47. The van der Waals surface area contributed by atoms with E-state index < -0.39 is 11.8 Å². The Labute approximate surface area is 101 Å². The summed E-state index contributed by atoms with van der Waals surface area (Å²) in [6, 6.07) is 0. The summed E-state index contributed by atoms with van der Waals surface area (Å²) in [6.45, 7) is 5.79. The lowest BCUT2D eigenvalue weighted by Crippen LogP contribution is -2.51. The smallest absolute Gasteiger partial charge is 0.312 e. The van der Waals surface area contributed by atoms with E-state index in [1.54, 1.807) is 7.05 Å². The van der Waals surface area contributed by atoms with Crippen LogP contribution in [0.25, 0.3) is 0 Å². The molecule has 0 aromatic rings. The minimum Gasteiger partial charge on any atom is -0.392 e. The number of rotatable bonds is 4. The second-order valence-corrected chi connectivity index (χ2v) is 4.70. The molecule has 2 amide bonds. The quantitative estimate of drug-likeness (QED) is 0.541. The van der Waals surface area contributed by atoms with Crippen LogP contribution >= 0.6 is 12.2 Å². The fraction of sp³-hybridized carbons (Fsp3) is 0.700. The zero-order valence-electron chi connectivity index (χ0n) is 10.2. The normalized spacial score (nSPS) is 10.8. The topological polar surface area (TPSA) is 75.4 Å². The molecule has 0 spiro atoms. The minimum absolute atomic E-state index is 0.0420. The number of amides is 2. The Morgan fingerprint density at radius 3 is 2.31 bits per heavy atom. The molecule has 92 valence electrons. The number of nitrogens with two attached hydrogens (primary N) is 1. The van der Waals surface area contributed by atoms with Crippen molar-refractivity contribution in [3.05, 3.63) is 0 Å². The van der Waals surface area contributed by atoms with Crippen molar-refractivity contribution in [3.63, 3.8) is 0 Å². The van der Waals surface area contributed by atoms with E-state index in [2.05, 4.69) is 17.5 Å². The lowest BCUT2D eigenvalue weighted by atomic mass is 10.00. The summed E-state index contributed by atoms with van der Waals surface area (Å²) in [5.74, 6) is -1.26. The second-order valence-electron chi connectivity index (χ2n) is 4.18. The second kappa shape index (κ2) is 5.79. The number of nitrogens with one attached hydrogen (secondary N) is 1. The molecular formula is C10H19N3O2S. The van der Waals surface area contributed by atoms with Crippen LogP contribution in [0.15, 0.2) is 0 Å². The van der Waals surface area contributed by atoms with Gasteiger partial charge in [0.15, 0.2) is 0 Å². The number of likely N-dealkylation sites (N-methyl/N-ethyl adjacent to an activating group) is 1. The predicted octanol–water partition coefficient (Wildman–Crippen LogP) is 0.0357. The molecule has 0 radical (unpaired) electrons. The molecule has 0 bridgehead atoms. The molecule has 0 aliphatic rings. The summed E-state index contributed by atoms with van der Waals surface area (Å²) >= 11 is 4.60. The van der Waals surface area contributed by atoms with Gasteiger partial charge in [0.05, 0.1) is 11.5 Å². The molecule has 0 saturated heterocycles. The van der Waals surface area contributed by atoms with Crippen molar-refractivity contribution < 1.29 is 9.59 Å². The third-order valence-electron chi connectivity index (χ3n) is 2.70. The predicted molar refractivity (Wildman–Crippen MR) is 66.9 cm³/mol. The molecule has 0 aliphatic heterocycles. The molecule has 6 heteroatoms. The molecule has 0 rings (SSSR count). The summed E-state index contributed by atoms with van der Waals surface area (Å²) in [7, 11) is 1.60. The van der Waals surface area contributed by atoms with Crippen molar-refractivity contribution in [3.8, 4) is 0 Å².